The van der Waals surface area contributed by atoms with Gasteiger partial charge in [0.25, 0.3) is 0 Å². The number of likely N-dealkylation sites (N-methyl/N-ethyl adjacent to an activating group) is 2. The van der Waals surface area contributed by atoms with E-state index >= 15 is 0 Å². The van der Waals surface area contributed by atoms with Gasteiger partial charge < -0.3 is 66.4 Å². The summed E-state index contributed by atoms with van der Waals surface area (Å²) in [6, 6.07) is -2.57. The number of carbonyl (C=O) groups excluding carboxylic acids is 6. The molecule has 1 unspecified atom stereocenters. The molecule has 0 aromatic rings. The highest BCUT2D eigenvalue weighted by molar-refractivity contribution is 5.85. The molecular formula is C38H69N7O14. The van der Waals surface area contributed by atoms with E-state index in [1.54, 1.807) is 14.0 Å². The molecule has 0 spiro atoms. The molecule has 0 aromatic carbocycles. The van der Waals surface area contributed by atoms with Gasteiger partial charge in [0, 0.05) is 64.8 Å². The summed E-state index contributed by atoms with van der Waals surface area (Å²) in [6.07, 6.45) is 3.89. The van der Waals surface area contributed by atoms with Gasteiger partial charge in [0.1, 0.15) is 31.1 Å². The Morgan fingerprint density at radius 1 is 0.475 bits per heavy atom. The average molecular weight is 848 g/mol. The number of aliphatic carboxylic acids is 2. The zero-order chi connectivity index (χ0) is 44.3. The van der Waals surface area contributed by atoms with Crippen LogP contribution in [0.15, 0.2) is 0 Å². The van der Waals surface area contributed by atoms with Gasteiger partial charge in [-0.15, -0.1) is 0 Å². The van der Waals surface area contributed by atoms with Crippen LogP contribution < -0.4 is 37.2 Å². The molecule has 21 heteroatoms. The number of carboxylic acids is 2. The van der Waals surface area contributed by atoms with E-state index in [4.69, 9.17) is 24.1 Å². The number of hydrogen-bond donors (Lipinski definition) is 9. The largest absolute Gasteiger partial charge is 0.480 e. The summed E-state index contributed by atoms with van der Waals surface area (Å²) < 4.78 is 21.4. The fourth-order valence-electron chi connectivity index (χ4n) is 5.26. The number of amides is 5. The van der Waals surface area contributed by atoms with Crippen LogP contribution in [0.3, 0.4) is 0 Å². The number of carboxylic acid groups (broad SMARTS) is 2. The molecule has 0 aromatic heterocycles. The summed E-state index contributed by atoms with van der Waals surface area (Å²) in [5.74, 6) is -3.98. The van der Waals surface area contributed by atoms with E-state index in [1.165, 1.54) is 14.0 Å². The normalized spacial score (nSPS) is 13.0. The highest BCUT2D eigenvalue weighted by Gasteiger charge is 2.22. The van der Waals surface area contributed by atoms with E-state index in [9.17, 15) is 43.5 Å². The second-order valence-electron chi connectivity index (χ2n) is 13.8. The smallest absolute Gasteiger partial charge is 0.326 e. The highest BCUT2D eigenvalue weighted by Crippen LogP contribution is 2.04. The van der Waals surface area contributed by atoms with Crippen molar-refractivity contribution >= 4 is 47.3 Å². The van der Waals surface area contributed by atoms with Crippen LogP contribution in [0, 0.1) is 0 Å². The first-order valence-corrected chi connectivity index (χ1v) is 20.2. The number of ketones is 1. The maximum atomic E-state index is 12.4. The minimum absolute atomic E-state index is 0.0756. The van der Waals surface area contributed by atoms with Crippen molar-refractivity contribution in [1.82, 2.24) is 37.2 Å². The molecule has 340 valence electrons. The summed E-state index contributed by atoms with van der Waals surface area (Å²) in [7, 11) is 3.26. The van der Waals surface area contributed by atoms with Crippen LogP contribution in [0.25, 0.3) is 0 Å². The van der Waals surface area contributed by atoms with Gasteiger partial charge in [-0.2, -0.15) is 0 Å². The second kappa shape index (κ2) is 35.6. The summed E-state index contributed by atoms with van der Waals surface area (Å²) >= 11 is 0. The number of Topliss-reactive ketones (excluding diaryl/α,β-unsaturated/α-hetero) is 1. The van der Waals surface area contributed by atoms with Crippen LogP contribution in [0.1, 0.15) is 84.5 Å². The Balaban J connectivity index is 3.85. The lowest BCUT2D eigenvalue weighted by Gasteiger charge is -2.17. The van der Waals surface area contributed by atoms with Gasteiger partial charge in [-0.25, -0.2) is 4.79 Å². The third-order valence-electron chi connectivity index (χ3n) is 8.66. The van der Waals surface area contributed by atoms with Crippen molar-refractivity contribution in [2.45, 2.75) is 109 Å². The van der Waals surface area contributed by atoms with Crippen molar-refractivity contribution in [3.05, 3.63) is 0 Å². The molecule has 0 fully saturated rings. The first kappa shape index (κ1) is 54.7. The lowest BCUT2D eigenvalue weighted by molar-refractivity contribution is -0.143. The molecule has 0 bridgehead atoms. The van der Waals surface area contributed by atoms with E-state index in [0.717, 1.165) is 12.8 Å². The molecule has 0 heterocycles. The molecule has 4 atom stereocenters. The Morgan fingerprint density at radius 3 is 1.64 bits per heavy atom. The Morgan fingerprint density at radius 2 is 0.983 bits per heavy atom. The Bertz CT molecular complexity index is 1260. The standard InChI is InChI=1S/C38H69N7O14/c1-27(10-13-32(47)41-16-6-5-9-29(39-3)28(2)46)44-34(49)15-12-31(38(54)55)45-36(51)26-59-24-23-57-19-7-17-42-35(50)25-58-21-8-20-56-22-18-43-33(48)14-11-30(40-4)37(52)53/h27,29-31,39-40H,5-26H2,1-4H3,(H,41,47)(H,42,50)(H,43,48)(H,44,49)(H,45,51)(H,52,53)(H,54,55)/t27-,29+,30?,31+/m1/s1. The van der Waals surface area contributed by atoms with Crippen LogP contribution >= 0.6 is 0 Å². The van der Waals surface area contributed by atoms with E-state index in [1.807, 2.05) is 0 Å². The van der Waals surface area contributed by atoms with Crippen LogP contribution in [-0.4, -0.2) is 168 Å². The lowest BCUT2D eigenvalue weighted by Crippen LogP contribution is -2.43. The molecule has 0 aliphatic rings. The van der Waals surface area contributed by atoms with E-state index in [2.05, 4.69) is 37.2 Å². The monoisotopic (exact) mass is 847 g/mol. The molecular weight excluding hydrogens is 778 g/mol. The summed E-state index contributed by atoms with van der Waals surface area (Å²) in [4.78, 5) is 94.4. The summed E-state index contributed by atoms with van der Waals surface area (Å²) in [5.41, 5.74) is 0. The van der Waals surface area contributed by atoms with Gasteiger partial charge >= 0.3 is 11.9 Å². The van der Waals surface area contributed by atoms with Gasteiger partial charge in [-0.3, -0.25) is 33.6 Å². The molecule has 5 amide bonds. The van der Waals surface area contributed by atoms with Crippen LogP contribution in [0.2, 0.25) is 0 Å². The molecule has 0 saturated heterocycles. The van der Waals surface area contributed by atoms with E-state index in [-0.39, 0.29) is 87.5 Å². The molecule has 9 N–H and O–H groups in total. The molecule has 0 aliphatic heterocycles. The van der Waals surface area contributed by atoms with Crippen molar-refractivity contribution in [3.63, 3.8) is 0 Å². The minimum atomic E-state index is -1.29. The quantitative estimate of drug-likeness (QED) is 0.0322. The molecule has 59 heavy (non-hydrogen) atoms. The Hall–Kier alpha value is -4.28. The first-order chi connectivity index (χ1) is 28.2. The SMILES string of the molecule is CNC(CCC(=O)NCCOCCCOCC(=O)NCCCOCCOCC(=O)N[C@@H](CCC(=O)N[C@H](C)CCC(=O)NCCCC[C@H](NC)C(C)=O)C(=O)O)C(=O)O. The van der Waals surface area contributed by atoms with Crippen molar-refractivity contribution in [2.75, 3.05) is 86.6 Å². The number of ether oxygens (including phenoxy) is 4. The van der Waals surface area contributed by atoms with E-state index < -0.39 is 42.4 Å². The van der Waals surface area contributed by atoms with Crippen molar-refractivity contribution in [2.24, 2.45) is 0 Å². The predicted octanol–water partition coefficient (Wildman–Crippen LogP) is -1.38. The van der Waals surface area contributed by atoms with Crippen LogP contribution in [0.4, 0.5) is 0 Å². The zero-order valence-corrected chi connectivity index (χ0v) is 35.2. The molecule has 0 saturated carbocycles. The van der Waals surface area contributed by atoms with Gasteiger partial charge in [0.15, 0.2) is 0 Å². The maximum Gasteiger partial charge on any atom is 0.326 e. The first-order valence-electron chi connectivity index (χ1n) is 20.2. The van der Waals surface area contributed by atoms with Crippen LogP contribution in [-0.2, 0) is 57.3 Å². The molecule has 21 nitrogen and oxygen atoms in total. The van der Waals surface area contributed by atoms with Crippen molar-refractivity contribution < 1.29 is 67.5 Å². The van der Waals surface area contributed by atoms with Crippen molar-refractivity contribution in [1.29, 1.82) is 0 Å². The topological polar surface area (TPSA) is 298 Å². The Kier molecular flexibility index (Phi) is 33.1. The second-order valence-corrected chi connectivity index (χ2v) is 13.8. The van der Waals surface area contributed by atoms with Gasteiger partial charge in [-0.1, -0.05) is 0 Å². The van der Waals surface area contributed by atoms with Gasteiger partial charge in [-0.05, 0) is 79.3 Å². The third kappa shape index (κ3) is 32.3. The summed E-state index contributed by atoms with van der Waals surface area (Å²) in [5, 5.41) is 37.3. The van der Waals surface area contributed by atoms with Crippen molar-refractivity contribution in [3.8, 4) is 0 Å². The molecule has 0 rings (SSSR count). The number of rotatable bonds is 39. The number of nitrogens with one attached hydrogen (secondary N) is 7. The minimum Gasteiger partial charge on any atom is -0.480 e. The highest BCUT2D eigenvalue weighted by atomic mass is 16.5. The van der Waals surface area contributed by atoms with Gasteiger partial charge in [0.2, 0.25) is 29.5 Å². The molecule has 0 radical (unpaired) electrons. The van der Waals surface area contributed by atoms with Gasteiger partial charge in [0.05, 0.1) is 25.9 Å². The number of unbranched alkanes of at least 4 members (excludes halogenated alkanes) is 1. The van der Waals surface area contributed by atoms with Crippen LogP contribution in [0.5, 0.6) is 0 Å². The summed E-state index contributed by atoms with van der Waals surface area (Å²) in [6.45, 7) is 5.47. The Labute approximate surface area is 346 Å². The maximum absolute atomic E-state index is 12.4. The third-order valence-corrected chi connectivity index (χ3v) is 8.66. The number of carbonyl (C=O) groups is 8. The number of hydrogen-bond acceptors (Lipinski definition) is 14. The fourth-order valence-corrected chi connectivity index (χ4v) is 5.26. The zero-order valence-electron chi connectivity index (χ0n) is 35.2. The predicted molar refractivity (Wildman–Crippen MR) is 214 cm³/mol. The average Bonchev–Trinajstić information content (AvgIpc) is 3.18. The lowest BCUT2D eigenvalue weighted by atomic mass is 10.1. The van der Waals surface area contributed by atoms with E-state index in [0.29, 0.717) is 71.7 Å². The fraction of sp³-hybridized carbons (Fsp3) is 0.789. The molecule has 0 aliphatic carbocycles.